The molecule has 0 saturated carbocycles. The van der Waals surface area contributed by atoms with Crippen LogP contribution in [0, 0.1) is 6.92 Å². The Balaban J connectivity index is 1.78. The normalized spacial score (nSPS) is 16.9. The van der Waals surface area contributed by atoms with Gasteiger partial charge in [0.15, 0.2) is 5.96 Å². The zero-order valence-electron chi connectivity index (χ0n) is 16.2. The Labute approximate surface area is 151 Å². The molecule has 0 amide bonds. The molecule has 7 nitrogen and oxygen atoms in total. The molecular weight excluding hydrogens is 316 g/mol. The molecular formula is C18H34N6O. The number of hydrogen-bond donors (Lipinski definition) is 2. The molecule has 1 aromatic heterocycles. The van der Waals surface area contributed by atoms with E-state index in [2.05, 4.69) is 54.5 Å². The van der Waals surface area contributed by atoms with Crippen LogP contribution in [0.25, 0.3) is 0 Å². The Morgan fingerprint density at radius 2 is 2.08 bits per heavy atom. The Morgan fingerprint density at radius 1 is 1.32 bits per heavy atom. The highest BCUT2D eigenvalue weighted by Gasteiger charge is 2.27. The molecule has 142 valence electrons. The summed E-state index contributed by atoms with van der Waals surface area (Å²) in [5, 5.41) is 11.1. The second kappa shape index (κ2) is 9.77. The predicted octanol–water partition coefficient (Wildman–Crippen LogP) is 1.25. The van der Waals surface area contributed by atoms with Gasteiger partial charge in [-0.1, -0.05) is 0 Å². The molecule has 25 heavy (non-hydrogen) atoms. The van der Waals surface area contributed by atoms with Gasteiger partial charge in [0.1, 0.15) is 0 Å². The van der Waals surface area contributed by atoms with E-state index in [4.69, 9.17) is 9.73 Å². The standard InChI is InChI=1S/C18H34N6O/c1-5-19-17(20-7-6-8-24-14-16(2)13-22-24)21-15-18(3,4)23-9-11-25-12-10-23/h13-14H,5-12,15H2,1-4H3,(H2,19,20,21). The van der Waals surface area contributed by atoms with Crippen molar-refractivity contribution in [2.75, 3.05) is 45.9 Å². The fraction of sp³-hybridized carbons (Fsp3) is 0.778. The third-order valence-corrected chi connectivity index (χ3v) is 4.45. The second-order valence-corrected chi connectivity index (χ2v) is 7.17. The van der Waals surface area contributed by atoms with Crippen LogP contribution >= 0.6 is 0 Å². The van der Waals surface area contributed by atoms with Gasteiger partial charge >= 0.3 is 0 Å². The van der Waals surface area contributed by atoms with Gasteiger partial charge in [0, 0.05) is 44.5 Å². The number of aliphatic imine (C=N–C) groups is 1. The molecule has 7 heteroatoms. The van der Waals surface area contributed by atoms with Crippen molar-refractivity contribution in [3.63, 3.8) is 0 Å². The third kappa shape index (κ3) is 6.66. The summed E-state index contributed by atoms with van der Waals surface area (Å²) in [6.45, 7) is 15.7. The minimum atomic E-state index is 0.0404. The van der Waals surface area contributed by atoms with Crippen molar-refractivity contribution in [3.8, 4) is 0 Å². The van der Waals surface area contributed by atoms with E-state index in [1.165, 1.54) is 5.56 Å². The predicted molar refractivity (Wildman–Crippen MR) is 102 cm³/mol. The van der Waals surface area contributed by atoms with Crippen molar-refractivity contribution in [1.29, 1.82) is 0 Å². The lowest BCUT2D eigenvalue weighted by atomic mass is 10.0. The molecule has 0 aliphatic carbocycles. The maximum atomic E-state index is 5.45. The highest BCUT2D eigenvalue weighted by Crippen LogP contribution is 2.16. The van der Waals surface area contributed by atoms with Gasteiger partial charge in [-0.2, -0.15) is 5.10 Å². The van der Waals surface area contributed by atoms with Crippen LogP contribution in [-0.4, -0.2) is 72.1 Å². The van der Waals surface area contributed by atoms with E-state index in [-0.39, 0.29) is 5.54 Å². The first kappa shape index (κ1) is 19.7. The van der Waals surface area contributed by atoms with Crippen LogP contribution < -0.4 is 10.6 Å². The molecule has 0 spiro atoms. The van der Waals surface area contributed by atoms with E-state index in [1.54, 1.807) is 0 Å². The Bertz CT molecular complexity index is 533. The zero-order chi connectivity index (χ0) is 18.1. The average molecular weight is 351 g/mol. The first-order chi connectivity index (χ1) is 12.0. The number of guanidine groups is 1. The maximum absolute atomic E-state index is 5.45. The third-order valence-electron chi connectivity index (χ3n) is 4.45. The monoisotopic (exact) mass is 350 g/mol. The van der Waals surface area contributed by atoms with Gasteiger partial charge in [-0.15, -0.1) is 0 Å². The minimum Gasteiger partial charge on any atom is -0.379 e. The molecule has 1 aliphatic heterocycles. The van der Waals surface area contributed by atoms with Crippen LogP contribution in [-0.2, 0) is 11.3 Å². The summed E-state index contributed by atoms with van der Waals surface area (Å²) >= 11 is 0. The molecule has 2 N–H and O–H groups in total. The summed E-state index contributed by atoms with van der Waals surface area (Å²) < 4.78 is 7.44. The van der Waals surface area contributed by atoms with E-state index >= 15 is 0 Å². The molecule has 1 saturated heterocycles. The Hall–Kier alpha value is -1.60. The first-order valence-electron chi connectivity index (χ1n) is 9.35. The van der Waals surface area contributed by atoms with Gasteiger partial charge in [0.05, 0.1) is 26.0 Å². The SMILES string of the molecule is CCNC(=NCC(C)(C)N1CCOCC1)NCCCn1cc(C)cn1. The second-order valence-electron chi connectivity index (χ2n) is 7.17. The number of rotatable bonds is 8. The quantitative estimate of drug-likeness (QED) is 0.420. The lowest BCUT2D eigenvalue weighted by Crippen LogP contribution is -2.52. The van der Waals surface area contributed by atoms with Crippen LogP contribution in [0.15, 0.2) is 17.4 Å². The van der Waals surface area contributed by atoms with E-state index in [1.807, 2.05) is 10.9 Å². The summed E-state index contributed by atoms with van der Waals surface area (Å²) in [5.74, 6) is 0.889. The van der Waals surface area contributed by atoms with Crippen molar-refractivity contribution in [2.45, 2.75) is 46.2 Å². The van der Waals surface area contributed by atoms with Gasteiger partial charge in [0.25, 0.3) is 0 Å². The van der Waals surface area contributed by atoms with E-state index < -0.39 is 0 Å². The zero-order valence-corrected chi connectivity index (χ0v) is 16.2. The van der Waals surface area contributed by atoms with Crippen LogP contribution in [0.5, 0.6) is 0 Å². The van der Waals surface area contributed by atoms with Gasteiger partial charge in [-0.05, 0) is 39.7 Å². The van der Waals surface area contributed by atoms with E-state index in [0.29, 0.717) is 0 Å². The lowest BCUT2D eigenvalue weighted by molar-refractivity contribution is -0.00683. The summed E-state index contributed by atoms with van der Waals surface area (Å²) in [7, 11) is 0. The largest absolute Gasteiger partial charge is 0.379 e. The highest BCUT2D eigenvalue weighted by atomic mass is 16.5. The van der Waals surface area contributed by atoms with Gasteiger partial charge < -0.3 is 15.4 Å². The average Bonchev–Trinajstić information content (AvgIpc) is 3.02. The number of aromatic nitrogens is 2. The van der Waals surface area contributed by atoms with Crippen LogP contribution in [0.2, 0.25) is 0 Å². The molecule has 0 unspecified atom stereocenters. The molecule has 1 fully saturated rings. The van der Waals surface area contributed by atoms with Gasteiger partial charge in [0.2, 0.25) is 0 Å². The smallest absolute Gasteiger partial charge is 0.191 e. The molecule has 0 aromatic carbocycles. The number of ether oxygens (including phenoxy) is 1. The Kier molecular flexibility index (Phi) is 7.71. The van der Waals surface area contributed by atoms with Gasteiger partial charge in [-0.25, -0.2) is 0 Å². The van der Waals surface area contributed by atoms with E-state index in [9.17, 15) is 0 Å². The molecule has 0 radical (unpaired) electrons. The maximum Gasteiger partial charge on any atom is 0.191 e. The summed E-state index contributed by atoms with van der Waals surface area (Å²) in [4.78, 5) is 7.26. The van der Waals surface area contributed by atoms with E-state index in [0.717, 1.165) is 64.9 Å². The fourth-order valence-corrected chi connectivity index (χ4v) is 2.92. The minimum absolute atomic E-state index is 0.0404. The molecule has 0 atom stereocenters. The first-order valence-corrected chi connectivity index (χ1v) is 9.35. The number of morpholine rings is 1. The van der Waals surface area contributed by atoms with Crippen LogP contribution in [0.1, 0.15) is 32.8 Å². The highest BCUT2D eigenvalue weighted by molar-refractivity contribution is 5.79. The molecule has 2 rings (SSSR count). The van der Waals surface area contributed by atoms with Crippen molar-refractivity contribution in [3.05, 3.63) is 18.0 Å². The molecule has 2 heterocycles. The number of aryl methyl sites for hydroxylation is 2. The summed E-state index contributed by atoms with van der Waals surface area (Å²) in [6, 6.07) is 0. The number of nitrogens with one attached hydrogen (secondary N) is 2. The number of nitrogens with zero attached hydrogens (tertiary/aromatic N) is 4. The summed E-state index contributed by atoms with van der Waals surface area (Å²) in [5.41, 5.74) is 1.24. The molecule has 1 aromatic rings. The van der Waals surface area contributed by atoms with Crippen molar-refractivity contribution in [2.24, 2.45) is 4.99 Å². The number of hydrogen-bond acceptors (Lipinski definition) is 4. The molecule has 0 bridgehead atoms. The van der Waals surface area contributed by atoms with Gasteiger partial charge in [-0.3, -0.25) is 14.6 Å². The van der Waals surface area contributed by atoms with Crippen molar-refractivity contribution >= 4 is 5.96 Å². The van der Waals surface area contributed by atoms with Crippen molar-refractivity contribution in [1.82, 2.24) is 25.3 Å². The van der Waals surface area contributed by atoms with Crippen molar-refractivity contribution < 1.29 is 4.74 Å². The fourth-order valence-electron chi connectivity index (χ4n) is 2.92. The summed E-state index contributed by atoms with van der Waals surface area (Å²) in [6.07, 6.45) is 4.98. The molecule has 1 aliphatic rings. The van der Waals surface area contributed by atoms with Crippen LogP contribution in [0.4, 0.5) is 0 Å². The lowest BCUT2D eigenvalue weighted by Gasteiger charge is -2.39. The van der Waals surface area contributed by atoms with Crippen LogP contribution in [0.3, 0.4) is 0 Å². The topological polar surface area (TPSA) is 66.7 Å². The Morgan fingerprint density at radius 3 is 2.72 bits per heavy atom.